The third kappa shape index (κ3) is 25.8. The van der Waals surface area contributed by atoms with Crippen LogP contribution in [0.2, 0.25) is 0 Å². The van der Waals surface area contributed by atoms with E-state index in [9.17, 15) is 183 Å². The molecule has 0 aliphatic carbocycles. The van der Waals surface area contributed by atoms with Crippen LogP contribution in [0, 0.1) is 0 Å². The van der Waals surface area contributed by atoms with Crippen LogP contribution in [-0.2, 0) is 128 Å². The average molecular weight is 2100 g/mol. The van der Waals surface area contributed by atoms with Gasteiger partial charge in [-0.1, -0.05) is 0 Å². The van der Waals surface area contributed by atoms with Gasteiger partial charge in [-0.2, -0.15) is 0 Å². The fourth-order valence-corrected chi connectivity index (χ4v) is 18.7. The molecule has 63 nitrogen and oxygen atoms in total. The fourth-order valence-electron chi connectivity index (χ4n) is 18.7. The number of nitrogens with one attached hydrogen (secondary N) is 4. The molecule has 36 N–H and O–H groups in total. The van der Waals surface area contributed by atoms with Crippen molar-refractivity contribution >= 4 is 23.6 Å². The van der Waals surface area contributed by atoms with E-state index < -0.39 is 458 Å². The monoisotopic (exact) mass is 2090 g/mol. The second kappa shape index (κ2) is 51.0. The lowest BCUT2D eigenvalue weighted by atomic mass is 9.93. The minimum absolute atomic E-state index is 0.870. The van der Waals surface area contributed by atoms with E-state index in [0.717, 1.165) is 27.7 Å². The Kier molecular flexibility index (Phi) is 41.8. The van der Waals surface area contributed by atoms with Gasteiger partial charge in [0.05, 0.1) is 78.3 Å². The molecule has 0 bridgehead atoms. The van der Waals surface area contributed by atoms with Crippen LogP contribution in [0.15, 0.2) is 0 Å². The SMILES string of the molecule is CC(=O)N[C@@H]1[C@H](O[C@@H]2[C@@H](O[C@@H]3[C@H](O)[C@H](O[C@H]4[C@H](O)[C@@H](NC(C)=O)[C@H](O[C@H]5[C@H](O)[C@@H](NC(C)=O)C(O)O[C@@H]5CO[C@@H]5O[C@@H](C)[C@@H](O)[C@@H](O)[C@@H]5O)O[C@@H]4CO)O[C@H](CO[C@H]4O[C@H](CO)[C@@H](O)[C@H](O)[C@@H]4O[C@@H]4O[C@H](CO)[C@@H](O[C@@H]5O[C@H](CO)[C@H](O)[C@H](O[C@H]6O[C@H](CO)[C@H](O)[C@H](O)[C@H]6O)[C@H]5O[C@@H]5O[C@@H](C)[C@@H](O)[C@@H](O)[C@@H]5O)[C@H](O)[C@H]4NC(C)=O)[C@H]3O)O[C@H](CO)[C@@H](O)[C@@H]2O)O[C@H](CO)[C@@H](O[C@@H]2O[C@H](CO)[C@H](O)[C@H](O)[C@H]2O)[C@@H]1O. The molecule has 1 unspecified atom stereocenters. The molecule has 143 heavy (non-hydrogen) atoms. The van der Waals surface area contributed by atoms with Crippen molar-refractivity contribution in [1.29, 1.82) is 0 Å². The summed E-state index contributed by atoms with van der Waals surface area (Å²) in [5.41, 5.74) is 0. The lowest BCUT2D eigenvalue weighted by Gasteiger charge is -2.51. The van der Waals surface area contributed by atoms with Gasteiger partial charge in [0.2, 0.25) is 23.6 Å². The first kappa shape index (κ1) is 117. The molecular weight excluding hydrogens is 1960 g/mol. The van der Waals surface area contributed by atoms with E-state index in [2.05, 4.69) is 21.3 Å². The van der Waals surface area contributed by atoms with E-state index in [-0.39, 0.29) is 0 Å². The molecule has 0 saturated carbocycles. The summed E-state index contributed by atoms with van der Waals surface area (Å²) in [7, 11) is 0. The smallest absolute Gasteiger partial charge is 0.217 e. The van der Waals surface area contributed by atoms with E-state index in [1.54, 1.807) is 0 Å². The van der Waals surface area contributed by atoms with Crippen LogP contribution in [0.3, 0.4) is 0 Å². The second-order valence-corrected chi connectivity index (χ2v) is 36.6. The molecule has 60 atom stereocenters. The van der Waals surface area contributed by atoms with Crippen molar-refractivity contribution in [3.63, 3.8) is 0 Å². The van der Waals surface area contributed by atoms with Gasteiger partial charge >= 0.3 is 0 Å². The van der Waals surface area contributed by atoms with Crippen molar-refractivity contribution in [3.05, 3.63) is 0 Å². The Morgan fingerprint density at radius 1 is 0.196 bits per heavy atom. The maximum absolute atomic E-state index is 13.4. The van der Waals surface area contributed by atoms with Gasteiger partial charge in [0.25, 0.3) is 0 Å². The van der Waals surface area contributed by atoms with Gasteiger partial charge in [-0.25, -0.2) is 0 Å². The molecule has 12 aliphatic rings. The van der Waals surface area contributed by atoms with Crippen LogP contribution < -0.4 is 21.3 Å². The molecular formula is C80H134N4O59. The molecule has 12 heterocycles. The van der Waals surface area contributed by atoms with E-state index in [1.165, 1.54) is 13.8 Å². The van der Waals surface area contributed by atoms with Gasteiger partial charge in [0, 0.05) is 27.7 Å². The molecule has 12 aliphatic heterocycles. The Labute approximate surface area is 809 Å². The Hall–Kier alpha value is -4.32. The molecule has 0 radical (unpaired) electrons. The van der Waals surface area contributed by atoms with Crippen LogP contribution in [0.1, 0.15) is 41.5 Å². The van der Waals surface area contributed by atoms with E-state index in [1.807, 2.05) is 0 Å². The van der Waals surface area contributed by atoms with E-state index in [4.69, 9.17) is 109 Å². The third-order valence-corrected chi connectivity index (χ3v) is 26.6. The number of aliphatic hydroxyl groups excluding tert-OH is 32. The zero-order valence-corrected chi connectivity index (χ0v) is 77.0. The maximum atomic E-state index is 13.4. The molecule has 12 rings (SSSR count). The van der Waals surface area contributed by atoms with Gasteiger partial charge in [0.15, 0.2) is 75.5 Å². The molecule has 63 heteroatoms. The predicted molar refractivity (Wildman–Crippen MR) is 439 cm³/mol. The highest BCUT2D eigenvalue weighted by atomic mass is 16.8. The van der Waals surface area contributed by atoms with Crippen molar-refractivity contribution in [2.24, 2.45) is 0 Å². The van der Waals surface area contributed by atoms with Crippen molar-refractivity contribution in [2.75, 3.05) is 66.1 Å². The minimum atomic E-state index is -2.69. The number of ether oxygens (including phenoxy) is 23. The summed E-state index contributed by atoms with van der Waals surface area (Å²) in [6.07, 6.45) is -119. The standard InChI is InChI=1S/C80H134N4O59/c1-17-37(97)49(109)55(115)73(123-17)121-16-32-63(45(105)33(69(120)125-32)81-19(3)93)135-70-34(82-20(4)94)46(106)61(29(13-91)131-70)137-77-59(119)64(139-79-67(54(114)42(102)26(10-88)129-79)142-72-35(83-21(5)95)47(107)60(28(12-90)132-72)136-75-57(117)51(111)39(99)23(7-85)126-75)44(104)31(134-77)15-122-78-66(53(113)41(101)25(9-87)128-78)141-71-36(84-22(6)96)48(108)62(30(14-92)133-71)138-80-68(143-74-56(116)50(110)38(98)18(2)124-74)65(43(103)27(11-89)130-80)140-76-58(118)52(112)40(100)24(8-86)127-76/h17-18,23-80,85-92,97-120H,7-16H2,1-6H3,(H,81,93)(H,82,94)(H,83,95)(H,84,96)/t17-,18-,23+,24+,25+,26+,27+,28+,29+,30+,31+,32+,33+,34+,35-,36+,37+,38+,39-,40-,41+,42+,43-,44+,45+,46+,47+,48+,49+,50+,51-,52-,53-,54-,55-,56-,57+,58+,59-,60+,61+,62+,63+,64-,65-,66-,67-,68+,69?,70-,71-,72-,73+,74-,75-,76+,77-,78-,79+,80-/m0/s1. The van der Waals surface area contributed by atoms with Gasteiger partial charge in [-0.05, 0) is 13.8 Å². The number of carbonyl (C=O) groups excluding carboxylic acids is 4. The number of rotatable bonds is 36. The first-order chi connectivity index (χ1) is 67.6. The topological polar surface area (TPSA) is 976 Å². The van der Waals surface area contributed by atoms with Crippen LogP contribution in [0.25, 0.3) is 0 Å². The Balaban J connectivity index is 0.871. The van der Waals surface area contributed by atoms with Crippen molar-refractivity contribution in [1.82, 2.24) is 21.3 Å². The second-order valence-electron chi connectivity index (χ2n) is 36.6. The summed E-state index contributed by atoms with van der Waals surface area (Å²) in [6.45, 7) is -5.53. The molecule has 0 aromatic carbocycles. The molecule has 828 valence electrons. The van der Waals surface area contributed by atoms with E-state index in [0.29, 0.717) is 0 Å². The number of amides is 4. The molecule has 0 aromatic rings. The number of aliphatic hydroxyl groups is 32. The van der Waals surface area contributed by atoms with Gasteiger partial charge in [-0.3, -0.25) is 19.2 Å². The number of hydrogen-bond acceptors (Lipinski definition) is 59. The Morgan fingerprint density at radius 2 is 0.441 bits per heavy atom. The number of carbonyl (C=O) groups is 4. The normalized spacial score (nSPS) is 50.7. The Bertz CT molecular complexity index is 3960. The van der Waals surface area contributed by atoms with Crippen LogP contribution in [-0.4, -0.2) is 621 Å². The van der Waals surface area contributed by atoms with Gasteiger partial charge in [0.1, 0.15) is 281 Å². The highest BCUT2D eigenvalue weighted by Crippen LogP contribution is 2.43. The summed E-state index contributed by atoms with van der Waals surface area (Å²) in [6, 6.07) is -8.03. The zero-order chi connectivity index (χ0) is 105. The first-order valence-corrected chi connectivity index (χ1v) is 45.9. The van der Waals surface area contributed by atoms with Crippen LogP contribution in [0.5, 0.6) is 0 Å². The summed E-state index contributed by atoms with van der Waals surface area (Å²) < 4.78 is 138. The summed E-state index contributed by atoms with van der Waals surface area (Å²) in [4.78, 5) is 52.5. The predicted octanol–water partition coefficient (Wildman–Crippen LogP) is -24.5. The van der Waals surface area contributed by atoms with Crippen LogP contribution in [0.4, 0.5) is 0 Å². The summed E-state index contributed by atoms with van der Waals surface area (Å²) >= 11 is 0. The quantitative estimate of drug-likeness (QED) is 0.0277. The molecule has 0 aromatic heterocycles. The summed E-state index contributed by atoms with van der Waals surface area (Å²) in [5.74, 6) is -3.96. The Morgan fingerprint density at radius 3 is 0.846 bits per heavy atom. The highest BCUT2D eigenvalue weighted by Gasteiger charge is 2.64. The molecule has 0 spiro atoms. The van der Waals surface area contributed by atoms with Crippen LogP contribution >= 0.6 is 0 Å². The molecule has 4 amide bonds. The van der Waals surface area contributed by atoms with Gasteiger partial charge < -0.3 is 294 Å². The first-order valence-electron chi connectivity index (χ1n) is 45.9. The summed E-state index contributed by atoms with van der Waals surface area (Å²) in [5, 5.41) is 370. The van der Waals surface area contributed by atoms with Gasteiger partial charge in [-0.15, -0.1) is 0 Å². The highest BCUT2D eigenvalue weighted by molar-refractivity contribution is 5.74. The maximum Gasteiger partial charge on any atom is 0.217 e. The van der Waals surface area contributed by atoms with Crippen molar-refractivity contribution < 1.29 is 292 Å². The zero-order valence-electron chi connectivity index (χ0n) is 77.0. The third-order valence-electron chi connectivity index (χ3n) is 26.6. The number of hydrogen-bond donors (Lipinski definition) is 36. The largest absolute Gasteiger partial charge is 0.394 e. The average Bonchev–Trinajstić information content (AvgIpc) is 0.685. The van der Waals surface area contributed by atoms with Crippen molar-refractivity contribution in [2.45, 2.75) is 410 Å². The van der Waals surface area contributed by atoms with Crippen molar-refractivity contribution in [3.8, 4) is 0 Å². The molecule has 12 saturated heterocycles. The minimum Gasteiger partial charge on any atom is -0.394 e. The lowest BCUT2D eigenvalue weighted by Crippen LogP contribution is -2.71. The van der Waals surface area contributed by atoms with E-state index >= 15 is 0 Å². The molecule has 12 fully saturated rings. The fraction of sp³-hybridized carbons (Fsp3) is 0.950. The lowest BCUT2D eigenvalue weighted by molar-refractivity contribution is -0.406.